The van der Waals surface area contributed by atoms with E-state index in [2.05, 4.69) is 191 Å². The third kappa shape index (κ3) is 55.6. The Morgan fingerprint density at radius 3 is 0.845 bits per heavy atom. The Labute approximate surface area is 434 Å². The highest BCUT2D eigenvalue weighted by molar-refractivity contribution is 5.71. The summed E-state index contributed by atoms with van der Waals surface area (Å²) in [4.78, 5) is 38.1. The molecule has 0 aromatic rings. The van der Waals surface area contributed by atoms with Crippen molar-refractivity contribution < 1.29 is 28.6 Å². The van der Waals surface area contributed by atoms with Gasteiger partial charge in [0.25, 0.3) is 0 Å². The Morgan fingerprint density at radius 1 is 0.282 bits per heavy atom. The highest BCUT2D eigenvalue weighted by atomic mass is 16.6. The van der Waals surface area contributed by atoms with Crippen LogP contribution in [-0.2, 0) is 28.6 Å². The summed E-state index contributed by atoms with van der Waals surface area (Å²) in [5.41, 5.74) is 0. The van der Waals surface area contributed by atoms with Gasteiger partial charge >= 0.3 is 17.9 Å². The minimum Gasteiger partial charge on any atom is -0.462 e. The summed E-state index contributed by atoms with van der Waals surface area (Å²) in [5, 5.41) is 0. The van der Waals surface area contributed by atoms with Crippen LogP contribution in [0.4, 0.5) is 0 Å². The molecule has 0 amide bonds. The fourth-order valence-corrected chi connectivity index (χ4v) is 6.68. The van der Waals surface area contributed by atoms with Crippen LogP contribution in [0.3, 0.4) is 0 Å². The molecule has 394 valence electrons. The molecule has 0 aliphatic rings. The summed E-state index contributed by atoms with van der Waals surface area (Å²) >= 11 is 0. The number of carbonyl (C=O) groups is 3. The Kier molecular flexibility index (Phi) is 53.1. The maximum atomic E-state index is 12.8. The minimum absolute atomic E-state index is 0.135. The zero-order valence-corrected chi connectivity index (χ0v) is 44.9. The molecule has 6 heteroatoms. The van der Waals surface area contributed by atoms with E-state index < -0.39 is 12.1 Å². The quantitative estimate of drug-likeness (QED) is 0.0262. The molecular formula is C65H98O6. The number of esters is 3. The smallest absolute Gasteiger partial charge is 0.306 e. The first-order chi connectivity index (χ1) is 35.0. The van der Waals surface area contributed by atoms with E-state index in [1.54, 1.807) is 0 Å². The van der Waals surface area contributed by atoms with Crippen molar-refractivity contribution in [3.8, 4) is 0 Å². The van der Waals surface area contributed by atoms with Crippen LogP contribution in [-0.4, -0.2) is 37.2 Å². The second kappa shape index (κ2) is 57.3. The predicted molar refractivity (Wildman–Crippen MR) is 306 cm³/mol. The number of allylic oxidation sites excluding steroid dienone is 28. The number of hydrogen-bond acceptors (Lipinski definition) is 6. The summed E-state index contributed by atoms with van der Waals surface area (Å²) in [7, 11) is 0. The monoisotopic (exact) mass is 975 g/mol. The van der Waals surface area contributed by atoms with E-state index in [4.69, 9.17) is 14.2 Å². The molecule has 0 fully saturated rings. The van der Waals surface area contributed by atoms with Crippen molar-refractivity contribution in [2.45, 2.75) is 207 Å². The van der Waals surface area contributed by atoms with Gasteiger partial charge in [-0.1, -0.05) is 217 Å². The SMILES string of the molecule is CC/C=C\C/C=C\C/C=C\C/C=C\C/C=C\CCCC(=O)OCC(COC(=O)CCCCCCCC/C=C\C/C=C\C/C=C\C/C=C\CC)OC(=O)CCC/C=C\C/C=C\C/C=C\C/C=C\C/C=C\CC. The molecule has 0 bridgehead atoms. The predicted octanol–water partition coefficient (Wildman–Crippen LogP) is 18.8. The Hall–Kier alpha value is -5.23. The molecule has 71 heavy (non-hydrogen) atoms. The van der Waals surface area contributed by atoms with Crippen molar-refractivity contribution in [1.82, 2.24) is 0 Å². The fraction of sp³-hybridized carbons (Fsp3) is 0.523. The first kappa shape index (κ1) is 65.8. The van der Waals surface area contributed by atoms with E-state index >= 15 is 0 Å². The highest BCUT2D eigenvalue weighted by Crippen LogP contribution is 2.11. The van der Waals surface area contributed by atoms with Crippen molar-refractivity contribution >= 4 is 17.9 Å². The van der Waals surface area contributed by atoms with E-state index in [0.717, 1.165) is 135 Å². The van der Waals surface area contributed by atoms with Gasteiger partial charge in [0.05, 0.1) is 0 Å². The normalized spacial score (nSPS) is 13.5. The van der Waals surface area contributed by atoms with Gasteiger partial charge in [0.1, 0.15) is 13.2 Å². The Morgan fingerprint density at radius 2 is 0.521 bits per heavy atom. The molecule has 0 radical (unpaired) electrons. The van der Waals surface area contributed by atoms with Crippen molar-refractivity contribution in [1.29, 1.82) is 0 Å². The number of ether oxygens (including phenoxy) is 3. The lowest BCUT2D eigenvalue weighted by atomic mass is 10.1. The van der Waals surface area contributed by atoms with Gasteiger partial charge in [0, 0.05) is 19.3 Å². The molecule has 0 heterocycles. The summed E-state index contributed by atoms with van der Waals surface area (Å²) in [6.07, 6.45) is 84.9. The van der Waals surface area contributed by atoms with Crippen LogP contribution in [0.1, 0.15) is 201 Å². The molecule has 0 aliphatic carbocycles. The lowest BCUT2D eigenvalue weighted by Gasteiger charge is -2.18. The van der Waals surface area contributed by atoms with E-state index in [1.807, 2.05) is 0 Å². The average molecular weight is 975 g/mol. The van der Waals surface area contributed by atoms with E-state index in [1.165, 1.54) is 12.8 Å². The first-order valence-corrected chi connectivity index (χ1v) is 27.6. The van der Waals surface area contributed by atoms with E-state index in [-0.39, 0.29) is 38.0 Å². The largest absolute Gasteiger partial charge is 0.462 e. The van der Waals surface area contributed by atoms with Crippen molar-refractivity contribution in [2.24, 2.45) is 0 Å². The highest BCUT2D eigenvalue weighted by Gasteiger charge is 2.19. The second-order valence-corrected chi connectivity index (χ2v) is 17.3. The third-order valence-corrected chi connectivity index (χ3v) is 10.7. The summed E-state index contributed by atoms with van der Waals surface area (Å²) < 4.78 is 16.7. The number of rotatable bonds is 47. The molecule has 0 spiro atoms. The standard InChI is InChI=1S/C65H98O6/c1-4-7-10-13-16-19-22-25-28-31-32-35-37-40-43-46-49-52-55-58-64(67)70-61-62(71-65(68)59-56-53-50-47-44-41-38-34-30-27-24-21-18-15-12-9-6-3)60-69-63(66)57-54-51-48-45-42-39-36-33-29-26-23-20-17-14-11-8-5-2/h7-12,16-21,25-30,32,35-36,38-39,41,45,47-48,50,62H,4-6,13-15,22-24,31,33-34,37,40,42-44,46,49,51-61H2,1-3H3/b10-7-,11-8-,12-9-,19-16-,20-17-,21-18-,28-25-,29-26-,30-27-,35-32-,39-36-,41-38-,48-45-,50-47-. The van der Waals surface area contributed by atoms with Crippen LogP contribution in [0.25, 0.3) is 0 Å². The molecule has 6 nitrogen and oxygen atoms in total. The van der Waals surface area contributed by atoms with Gasteiger partial charge in [-0.15, -0.1) is 0 Å². The molecule has 0 saturated heterocycles. The van der Waals surface area contributed by atoms with E-state index in [9.17, 15) is 14.4 Å². The number of unbranched alkanes of at least 4 members (excludes halogenated alkanes) is 8. The van der Waals surface area contributed by atoms with Crippen LogP contribution in [0, 0.1) is 0 Å². The number of hydrogen-bond donors (Lipinski definition) is 0. The van der Waals surface area contributed by atoms with Crippen LogP contribution >= 0.6 is 0 Å². The van der Waals surface area contributed by atoms with Crippen LogP contribution in [0.15, 0.2) is 170 Å². The average Bonchev–Trinajstić information content (AvgIpc) is 3.37. The van der Waals surface area contributed by atoms with Gasteiger partial charge in [0.2, 0.25) is 0 Å². The third-order valence-electron chi connectivity index (χ3n) is 10.7. The zero-order chi connectivity index (χ0) is 51.4. The van der Waals surface area contributed by atoms with Gasteiger partial charge in [-0.2, -0.15) is 0 Å². The molecule has 0 aromatic carbocycles. The molecule has 1 unspecified atom stereocenters. The Bertz CT molecular complexity index is 1690. The Balaban J connectivity index is 4.63. The van der Waals surface area contributed by atoms with Crippen molar-refractivity contribution in [2.75, 3.05) is 13.2 Å². The summed E-state index contributed by atoms with van der Waals surface area (Å²) in [6, 6.07) is 0. The lowest BCUT2D eigenvalue weighted by molar-refractivity contribution is -0.167. The summed E-state index contributed by atoms with van der Waals surface area (Å²) in [5.74, 6) is -1.08. The van der Waals surface area contributed by atoms with Crippen LogP contribution in [0.2, 0.25) is 0 Å². The molecule has 1 atom stereocenters. The van der Waals surface area contributed by atoms with Gasteiger partial charge < -0.3 is 14.2 Å². The van der Waals surface area contributed by atoms with Crippen LogP contribution < -0.4 is 0 Å². The fourth-order valence-electron chi connectivity index (χ4n) is 6.68. The maximum absolute atomic E-state index is 12.8. The number of carbonyl (C=O) groups excluding carboxylic acids is 3. The maximum Gasteiger partial charge on any atom is 0.306 e. The van der Waals surface area contributed by atoms with Crippen molar-refractivity contribution in [3.05, 3.63) is 170 Å². The molecule has 0 N–H and O–H groups in total. The van der Waals surface area contributed by atoms with E-state index in [0.29, 0.717) is 19.3 Å². The summed E-state index contributed by atoms with van der Waals surface area (Å²) in [6.45, 7) is 6.16. The molecule has 0 aromatic heterocycles. The van der Waals surface area contributed by atoms with Crippen LogP contribution in [0.5, 0.6) is 0 Å². The van der Waals surface area contributed by atoms with Gasteiger partial charge in [0.15, 0.2) is 6.10 Å². The zero-order valence-electron chi connectivity index (χ0n) is 44.9. The second-order valence-electron chi connectivity index (χ2n) is 17.3. The van der Waals surface area contributed by atoms with Gasteiger partial charge in [-0.25, -0.2) is 0 Å². The topological polar surface area (TPSA) is 78.9 Å². The van der Waals surface area contributed by atoms with Gasteiger partial charge in [-0.3, -0.25) is 14.4 Å². The van der Waals surface area contributed by atoms with Gasteiger partial charge in [-0.05, 0) is 135 Å². The molecule has 0 rings (SSSR count). The molecule has 0 saturated carbocycles. The first-order valence-electron chi connectivity index (χ1n) is 27.6. The lowest BCUT2D eigenvalue weighted by Crippen LogP contribution is -2.30. The minimum atomic E-state index is -0.847. The molecule has 0 aliphatic heterocycles. The van der Waals surface area contributed by atoms with Crippen molar-refractivity contribution in [3.63, 3.8) is 0 Å². The molecular weight excluding hydrogens is 877 g/mol.